The van der Waals surface area contributed by atoms with Crippen LogP contribution in [-0.2, 0) is 14.3 Å². The first kappa shape index (κ1) is 13.7. The molecule has 0 saturated carbocycles. The van der Waals surface area contributed by atoms with Crippen LogP contribution in [-0.4, -0.2) is 37.4 Å². The van der Waals surface area contributed by atoms with Crippen molar-refractivity contribution in [3.8, 4) is 0 Å². The van der Waals surface area contributed by atoms with E-state index in [1.165, 1.54) is 6.20 Å². The van der Waals surface area contributed by atoms with Crippen molar-refractivity contribution >= 4 is 11.8 Å². The van der Waals surface area contributed by atoms with E-state index in [-0.39, 0.29) is 11.4 Å². The molecular formula is C11H19NO3. The van der Waals surface area contributed by atoms with E-state index in [0.717, 1.165) is 6.42 Å². The Morgan fingerprint density at radius 2 is 1.87 bits per heavy atom. The summed E-state index contributed by atoms with van der Waals surface area (Å²) >= 11 is 0. The molecule has 0 N–H and O–H groups in total. The summed E-state index contributed by atoms with van der Waals surface area (Å²) < 4.78 is 4.92. The minimum absolute atomic E-state index is 0.121. The summed E-state index contributed by atoms with van der Waals surface area (Å²) in [5, 5.41) is 0. The maximum Gasteiger partial charge on any atom is 0.343 e. The van der Waals surface area contributed by atoms with E-state index in [1.54, 1.807) is 25.9 Å². The van der Waals surface area contributed by atoms with Gasteiger partial charge in [-0.1, -0.05) is 13.8 Å². The third-order valence-electron chi connectivity index (χ3n) is 1.67. The number of ether oxygens (including phenoxy) is 1. The third-order valence-corrected chi connectivity index (χ3v) is 1.67. The topological polar surface area (TPSA) is 46.6 Å². The quantitative estimate of drug-likeness (QED) is 0.289. The maximum atomic E-state index is 11.5. The van der Waals surface area contributed by atoms with Crippen LogP contribution in [0.1, 0.15) is 26.7 Å². The number of carbonyl (C=O) groups excluding carboxylic acids is 2. The van der Waals surface area contributed by atoms with Crippen molar-refractivity contribution in [2.75, 3.05) is 20.7 Å². The highest BCUT2D eigenvalue weighted by Gasteiger charge is 2.18. The van der Waals surface area contributed by atoms with Crippen molar-refractivity contribution in [1.29, 1.82) is 0 Å². The number of esters is 1. The summed E-state index contributed by atoms with van der Waals surface area (Å²) in [5.74, 6) is -0.720. The summed E-state index contributed by atoms with van der Waals surface area (Å²) in [5.41, 5.74) is 0.121. The third kappa shape index (κ3) is 5.20. The molecule has 0 radical (unpaired) electrons. The molecule has 15 heavy (non-hydrogen) atoms. The van der Waals surface area contributed by atoms with Gasteiger partial charge in [-0.3, -0.25) is 4.79 Å². The van der Waals surface area contributed by atoms with Gasteiger partial charge in [-0.15, -0.1) is 0 Å². The summed E-state index contributed by atoms with van der Waals surface area (Å²) in [4.78, 5) is 24.6. The zero-order valence-electron chi connectivity index (χ0n) is 9.87. The Hall–Kier alpha value is -1.32. The Balaban J connectivity index is 4.64. The first-order valence-electron chi connectivity index (χ1n) is 5.11. The van der Waals surface area contributed by atoms with E-state index in [1.807, 2.05) is 6.92 Å². The fraction of sp³-hybridized carbons (Fsp3) is 0.636. The molecule has 0 aromatic carbocycles. The minimum Gasteiger partial charge on any atom is -0.462 e. The summed E-state index contributed by atoms with van der Waals surface area (Å²) in [7, 11) is 3.52. The molecule has 0 bridgehead atoms. The Bertz CT molecular complexity index is 257. The van der Waals surface area contributed by atoms with Crippen molar-refractivity contribution in [2.45, 2.75) is 26.7 Å². The Labute approximate surface area is 90.9 Å². The van der Waals surface area contributed by atoms with Crippen molar-refractivity contribution < 1.29 is 14.3 Å². The van der Waals surface area contributed by atoms with E-state index in [9.17, 15) is 9.59 Å². The van der Waals surface area contributed by atoms with Crippen LogP contribution in [0.3, 0.4) is 0 Å². The molecule has 0 unspecified atom stereocenters. The average molecular weight is 213 g/mol. The van der Waals surface area contributed by atoms with Crippen LogP contribution in [0.2, 0.25) is 0 Å². The van der Waals surface area contributed by atoms with Crippen LogP contribution in [0, 0.1) is 0 Å². The predicted octanol–water partition coefficient (Wildman–Crippen LogP) is 1.36. The zero-order chi connectivity index (χ0) is 11.8. The van der Waals surface area contributed by atoms with Crippen LogP contribution in [0.15, 0.2) is 11.8 Å². The van der Waals surface area contributed by atoms with Gasteiger partial charge in [-0.2, -0.15) is 0 Å². The smallest absolute Gasteiger partial charge is 0.343 e. The molecule has 4 nitrogen and oxygen atoms in total. The average Bonchev–Trinajstić information content (AvgIpc) is 2.21. The standard InChI is InChI=1S/C11H19NO3/c1-5-7-15-11(14)9(8-12(3)4)10(13)6-2/h8H,5-7H2,1-4H3/b9-8-. The number of ketones is 1. The minimum atomic E-state index is -0.530. The molecule has 0 saturated heterocycles. The second kappa shape index (κ2) is 7.04. The summed E-state index contributed by atoms with van der Waals surface area (Å²) in [6, 6.07) is 0. The SMILES string of the molecule is CCCOC(=O)/C(=C\N(C)C)C(=O)CC. The van der Waals surface area contributed by atoms with Crippen LogP contribution >= 0.6 is 0 Å². The zero-order valence-corrected chi connectivity index (χ0v) is 9.87. The fourth-order valence-corrected chi connectivity index (χ4v) is 0.960. The van der Waals surface area contributed by atoms with E-state index in [0.29, 0.717) is 13.0 Å². The molecule has 0 aromatic heterocycles. The van der Waals surface area contributed by atoms with E-state index in [2.05, 4.69) is 0 Å². The number of carbonyl (C=O) groups is 2. The molecule has 0 aromatic rings. The highest BCUT2D eigenvalue weighted by molar-refractivity contribution is 6.17. The van der Waals surface area contributed by atoms with Gasteiger partial charge >= 0.3 is 5.97 Å². The molecule has 0 fully saturated rings. The molecule has 0 rings (SSSR count). The Morgan fingerprint density at radius 1 is 1.27 bits per heavy atom. The Kier molecular flexibility index (Phi) is 6.42. The van der Waals surface area contributed by atoms with E-state index < -0.39 is 5.97 Å². The van der Waals surface area contributed by atoms with Crippen molar-refractivity contribution in [3.63, 3.8) is 0 Å². The predicted molar refractivity (Wildman–Crippen MR) is 58.3 cm³/mol. The summed E-state index contributed by atoms with van der Waals surface area (Å²) in [6.07, 6.45) is 2.56. The molecule has 0 aliphatic carbocycles. The van der Waals surface area contributed by atoms with Gasteiger partial charge in [-0.25, -0.2) is 4.79 Å². The van der Waals surface area contributed by atoms with Gasteiger partial charge in [0.15, 0.2) is 5.78 Å². The van der Waals surface area contributed by atoms with Gasteiger partial charge in [-0.05, 0) is 6.42 Å². The molecule has 0 spiro atoms. The largest absolute Gasteiger partial charge is 0.462 e. The first-order valence-corrected chi connectivity index (χ1v) is 5.11. The fourth-order valence-electron chi connectivity index (χ4n) is 0.960. The van der Waals surface area contributed by atoms with Crippen molar-refractivity contribution in [2.24, 2.45) is 0 Å². The van der Waals surface area contributed by atoms with Crippen molar-refractivity contribution in [1.82, 2.24) is 4.90 Å². The monoisotopic (exact) mass is 213 g/mol. The molecule has 0 aliphatic rings. The highest BCUT2D eigenvalue weighted by atomic mass is 16.5. The summed E-state index contributed by atoms with van der Waals surface area (Å²) in [6.45, 7) is 3.98. The molecule has 86 valence electrons. The number of Topliss-reactive ketones (excluding diaryl/α,β-unsaturated/α-hetero) is 1. The van der Waals surface area contributed by atoms with E-state index >= 15 is 0 Å². The lowest BCUT2D eigenvalue weighted by molar-refractivity contribution is -0.140. The number of nitrogens with zero attached hydrogens (tertiary/aromatic N) is 1. The highest BCUT2D eigenvalue weighted by Crippen LogP contribution is 2.04. The molecule has 0 aliphatic heterocycles. The molecule has 0 heterocycles. The molecule has 4 heteroatoms. The van der Waals surface area contributed by atoms with Gasteiger partial charge in [0.05, 0.1) is 6.61 Å². The lowest BCUT2D eigenvalue weighted by atomic mass is 10.1. The Morgan fingerprint density at radius 3 is 2.27 bits per heavy atom. The number of rotatable bonds is 6. The lowest BCUT2D eigenvalue weighted by Gasteiger charge is -2.10. The number of hydrogen-bond acceptors (Lipinski definition) is 4. The van der Waals surface area contributed by atoms with Gasteiger partial charge in [0.1, 0.15) is 5.57 Å². The lowest BCUT2D eigenvalue weighted by Crippen LogP contribution is -2.19. The van der Waals surface area contributed by atoms with Crippen LogP contribution in [0.4, 0.5) is 0 Å². The van der Waals surface area contributed by atoms with Gasteiger partial charge in [0.25, 0.3) is 0 Å². The number of hydrogen-bond donors (Lipinski definition) is 0. The van der Waals surface area contributed by atoms with Crippen LogP contribution < -0.4 is 0 Å². The second-order valence-electron chi connectivity index (χ2n) is 3.42. The molecule has 0 amide bonds. The van der Waals surface area contributed by atoms with Gasteiger partial charge in [0, 0.05) is 26.7 Å². The van der Waals surface area contributed by atoms with Gasteiger partial charge < -0.3 is 9.64 Å². The second-order valence-corrected chi connectivity index (χ2v) is 3.42. The molecular weight excluding hydrogens is 194 g/mol. The van der Waals surface area contributed by atoms with Crippen LogP contribution in [0.5, 0.6) is 0 Å². The maximum absolute atomic E-state index is 11.5. The van der Waals surface area contributed by atoms with Gasteiger partial charge in [0.2, 0.25) is 0 Å². The van der Waals surface area contributed by atoms with Crippen LogP contribution in [0.25, 0.3) is 0 Å². The normalized spacial score (nSPS) is 11.1. The molecule has 0 atom stereocenters. The van der Waals surface area contributed by atoms with E-state index in [4.69, 9.17) is 4.74 Å². The van der Waals surface area contributed by atoms with Crippen molar-refractivity contribution in [3.05, 3.63) is 11.8 Å². The first-order chi connectivity index (χ1) is 7.02.